The zero-order valence-electron chi connectivity index (χ0n) is 11.7. The molecule has 1 N–H and O–H groups in total. The Morgan fingerprint density at radius 3 is 2.79 bits per heavy atom. The third kappa shape index (κ3) is 3.52. The van der Waals surface area contributed by atoms with Crippen LogP contribution in [0.3, 0.4) is 0 Å². The number of hydrogen-bond acceptors (Lipinski definition) is 5. The predicted octanol–water partition coefficient (Wildman–Crippen LogP) is -0.868. The molecule has 0 aromatic rings. The minimum absolute atomic E-state index is 0.0612. The van der Waals surface area contributed by atoms with Crippen molar-refractivity contribution in [2.24, 2.45) is 0 Å². The van der Waals surface area contributed by atoms with Crippen LogP contribution in [0.2, 0.25) is 0 Å². The molecule has 6 nitrogen and oxygen atoms in total. The van der Waals surface area contributed by atoms with Gasteiger partial charge in [-0.05, 0) is 26.9 Å². The molecule has 0 aromatic heterocycles. The maximum absolute atomic E-state index is 12.1. The lowest BCUT2D eigenvalue weighted by atomic mass is 10.2. The molecule has 108 valence electrons. The van der Waals surface area contributed by atoms with E-state index in [1.807, 2.05) is 19.0 Å². The molecule has 0 spiro atoms. The smallest absolute Gasteiger partial charge is 0.243 e. The number of rotatable bonds is 4. The van der Waals surface area contributed by atoms with Crippen LogP contribution in [0.1, 0.15) is 19.3 Å². The fourth-order valence-corrected chi connectivity index (χ4v) is 2.93. The number of imide groups is 1. The van der Waals surface area contributed by atoms with Gasteiger partial charge in [0.15, 0.2) is 0 Å². The van der Waals surface area contributed by atoms with E-state index in [1.54, 1.807) is 0 Å². The van der Waals surface area contributed by atoms with Crippen molar-refractivity contribution >= 4 is 11.8 Å². The van der Waals surface area contributed by atoms with Crippen molar-refractivity contribution in [1.29, 1.82) is 0 Å². The van der Waals surface area contributed by atoms with Gasteiger partial charge in [-0.25, -0.2) is 0 Å². The molecule has 0 saturated carbocycles. The first-order valence-corrected chi connectivity index (χ1v) is 6.87. The molecule has 2 atom stereocenters. The summed E-state index contributed by atoms with van der Waals surface area (Å²) in [6.45, 7) is 2.12. The summed E-state index contributed by atoms with van der Waals surface area (Å²) in [5, 5.41) is 9.76. The van der Waals surface area contributed by atoms with E-state index in [0.29, 0.717) is 25.9 Å². The van der Waals surface area contributed by atoms with Crippen LogP contribution in [0.15, 0.2) is 0 Å². The van der Waals surface area contributed by atoms with Crippen molar-refractivity contribution in [3.8, 4) is 0 Å². The van der Waals surface area contributed by atoms with Crippen LogP contribution in [0.25, 0.3) is 0 Å². The summed E-state index contributed by atoms with van der Waals surface area (Å²) in [5.41, 5.74) is 0. The second-order valence-corrected chi connectivity index (χ2v) is 5.78. The molecule has 2 unspecified atom stereocenters. The van der Waals surface area contributed by atoms with Crippen molar-refractivity contribution in [3.05, 3.63) is 0 Å². The van der Waals surface area contributed by atoms with Gasteiger partial charge in [0.05, 0.1) is 12.6 Å². The quantitative estimate of drug-likeness (QED) is 0.719. The monoisotopic (exact) mass is 269 g/mol. The number of carbonyl (C=O) groups excluding carboxylic acids is 2. The predicted molar refractivity (Wildman–Crippen MR) is 70.5 cm³/mol. The van der Waals surface area contributed by atoms with Gasteiger partial charge in [0.1, 0.15) is 0 Å². The summed E-state index contributed by atoms with van der Waals surface area (Å²) in [6, 6.07) is 0.187. The molecular formula is C13H23N3O3. The van der Waals surface area contributed by atoms with Gasteiger partial charge < -0.3 is 10.0 Å². The van der Waals surface area contributed by atoms with Gasteiger partial charge in [0.25, 0.3) is 0 Å². The molecule has 2 aliphatic rings. The number of carbonyl (C=O) groups is 2. The van der Waals surface area contributed by atoms with Crippen molar-refractivity contribution in [1.82, 2.24) is 14.7 Å². The van der Waals surface area contributed by atoms with Crippen molar-refractivity contribution in [2.45, 2.75) is 31.4 Å². The van der Waals surface area contributed by atoms with E-state index in [4.69, 9.17) is 0 Å². The number of aliphatic hydroxyl groups excluding tert-OH is 1. The molecule has 2 fully saturated rings. The Balaban J connectivity index is 1.92. The molecule has 0 radical (unpaired) electrons. The van der Waals surface area contributed by atoms with Crippen LogP contribution < -0.4 is 0 Å². The molecule has 19 heavy (non-hydrogen) atoms. The molecule has 2 amide bonds. The minimum Gasteiger partial charge on any atom is -0.392 e. The maximum Gasteiger partial charge on any atom is 0.243 e. The highest BCUT2D eigenvalue weighted by Crippen LogP contribution is 2.19. The maximum atomic E-state index is 12.1. The SMILES string of the molecule is CN(C)CC1CC(O)CN1CC(=O)N1CCCC1=O. The standard InChI is InChI=1S/C13H23N3O3/c1-14(2)7-10-6-11(17)8-15(10)9-13(19)16-5-3-4-12(16)18/h10-11,17H,3-9H2,1-2H3. The molecule has 2 saturated heterocycles. The summed E-state index contributed by atoms with van der Waals surface area (Å²) in [4.78, 5) is 29.1. The number of likely N-dealkylation sites (N-methyl/N-ethyl adjacent to an activating group) is 1. The van der Waals surface area contributed by atoms with E-state index in [1.165, 1.54) is 4.90 Å². The summed E-state index contributed by atoms with van der Waals surface area (Å²) in [6.07, 6.45) is 1.58. The third-order valence-electron chi connectivity index (χ3n) is 3.79. The molecule has 2 rings (SSSR count). The molecule has 2 heterocycles. The molecule has 6 heteroatoms. The van der Waals surface area contributed by atoms with Crippen LogP contribution in [-0.2, 0) is 9.59 Å². The van der Waals surface area contributed by atoms with E-state index < -0.39 is 0 Å². The normalized spacial score (nSPS) is 28.6. The van der Waals surface area contributed by atoms with E-state index in [-0.39, 0.29) is 30.5 Å². The lowest BCUT2D eigenvalue weighted by Gasteiger charge is -2.27. The largest absolute Gasteiger partial charge is 0.392 e. The first-order chi connectivity index (χ1) is 8.97. The van der Waals surface area contributed by atoms with Gasteiger partial charge in [-0.1, -0.05) is 0 Å². The van der Waals surface area contributed by atoms with Crippen molar-refractivity contribution in [3.63, 3.8) is 0 Å². The summed E-state index contributed by atoms with van der Waals surface area (Å²) in [5.74, 6) is -0.186. The molecule has 0 bridgehead atoms. The van der Waals surface area contributed by atoms with E-state index in [0.717, 1.165) is 13.0 Å². The van der Waals surface area contributed by atoms with Crippen LogP contribution in [-0.4, -0.2) is 84.0 Å². The lowest BCUT2D eigenvalue weighted by molar-refractivity contribution is -0.142. The van der Waals surface area contributed by atoms with Gasteiger partial charge >= 0.3 is 0 Å². The Bertz CT molecular complexity index is 359. The van der Waals surface area contributed by atoms with Crippen LogP contribution in [0.5, 0.6) is 0 Å². The van der Waals surface area contributed by atoms with E-state index >= 15 is 0 Å². The summed E-state index contributed by atoms with van der Waals surface area (Å²) < 4.78 is 0. The van der Waals surface area contributed by atoms with Crippen molar-refractivity contribution in [2.75, 3.05) is 40.3 Å². The first kappa shape index (κ1) is 14.4. The number of β-amino-alcohol motifs (C(OH)–C–C–N with tert-alkyl or cyclic N) is 1. The van der Waals surface area contributed by atoms with Gasteiger partial charge in [0.2, 0.25) is 11.8 Å². The first-order valence-electron chi connectivity index (χ1n) is 6.87. The Kier molecular flexibility index (Phi) is 4.54. The number of aliphatic hydroxyl groups is 1. The highest BCUT2D eigenvalue weighted by atomic mass is 16.3. The second kappa shape index (κ2) is 5.98. The molecular weight excluding hydrogens is 246 g/mol. The fraction of sp³-hybridized carbons (Fsp3) is 0.846. The Hall–Kier alpha value is -0.980. The Labute approximate surface area is 114 Å². The number of hydrogen-bond donors (Lipinski definition) is 1. The third-order valence-corrected chi connectivity index (χ3v) is 3.79. The number of amides is 2. The highest BCUT2D eigenvalue weighted by molar-refractivity contribution is 5.97. The van der Waals surface area contributed by atoms with E-state index in [2.05, 4.69) is 4.90 Å². The Morgan fingerprint density at radius 2 is 2.21 bits per heavy atom. The van der Waals surface area contributed by atoms with Crippen LogP contribution >= 0.6 is 0 Å². The van der Waals surface area contributed by atoms with Crippen LogP contribution in [0, 0.1) is 0 Å². The van der Waals surface area contributed by atoms with E-state index in [9.17, 15) is 14.7 Å². The molecule has 0 aliphatic carbocycles. The number of nitrogens with zero attached hydrogens (tertiary/aromatic N) is 3. The van der Waals surface area contributed by atoms with Gasteiger partial charge in [-0.15, -0.1) is 0 Å². The summed E-state index contributed by atoms with van der Waals surface area (Å²) in [7, 11) is 3.96. The number of likely N-dealkylation sites (tertiary alicyclic amines) is 2. The zero-order valence-corrected chi connectivity index (χ0v) is 11.7. The Morgan fingerprint density at radius 1 is 1.47 bits per heavy atom. The topological polar surface area (TPSA) is 64.1 Å². The molecule has 2 aliphatic heterocycles. The lowest BCUT2D eigenvalue weighted by Crippen LogP contribution is -2.45. The van der Waals surface area contributed by atoms with Gasteiger partial charge in [-0.3, -0.25) is 19.4 Å². The minimum atomic E-state index is -0.368. The van der Waals surface area contributed by atoms with Crippen LogP contribution in [0.4, 0.5) is 0 Å². The average molecular weight is 269 g/mol. The highest BCUT2D eigenvalue weighted by Gasteiger charge is 2.35. The fourth-order valence-electron chi connectivity index (χ4n) is 2.93. The molecule has 0 aromatic carbocycles. The van der Waals surface area contributed by atoms with Gasteiger partial charge in [-0.2, -0.15) is 0 Å². The zero-order chi connectivity index (χ0) is 14.0. The van der Waals surface area contributed by atoms with Gasteiger partial charge in [0, 0.05) is 32.1 Å². The van der Waals surface area contributed by atoms with Crippen molar-refractivity contribution < 1.29 is 14.7 Å². The average Bonchev–Trinajstić information content (AvgIpc) is 2.85. The summed E-state index contributed by atoms with van der Waals surface area (Å²) >= 11 is 0. The second-order valence-electron chi connectivity index (χ2n) is 5.78.